The Hall–Kier alpha value is -0.600. The summed E-state index contributed by atoms with van der Waals surface area (Å²) in [6.45, 7) is 3.97. The second kappa shape index (κ2) is 16.3. The average Bonchev–Trinajstić information content (AvgIpc) is 2.59. The number of rotatable bonds is 14. The quantitative estimate of drug-likeness (QED) is 0.266. The molecule has 0 saturated carbocycles. The van der Waals surface area contributed by atoms with Crippen LogP contribution < -0.4 is 0 Å². The summed E-state index contributed by atoms with van der Waals surface area (Å²) in [6, 6.07) is 0. The lowest BCUT2D eigenvalue weighted by atomic mass is 10.1. The second-order valence-corrected chi connectivity index (χ2v) is 6.58. The van der Waals surface area contributed by atoms with Crippen molar-refractivity contribution in [1.29, 1.82) is 0 Å². The van der Waals surface area contributed by atoms with Gasteiger partial charge in [0.05, 0.1) is 0 Å². The molecule has 134 valence electrons. The molecule has 2 nitrogen and oxygen atoms in total. The molecule has 0 spiro atoms. The molecule has 2 heteroatoms. The van der Waals surface area contributed by atoms with Crippen LogP contribution in [0.1, 0.15) is 90.4 Å². The Labute approximate surface area is 144 Å². The Kier molecular flexibility index (Phi) is 14.5. The normalized spacial score (nSPS) is 19.1. The van der Waals surface area contributed by atoms with Gasteiger partial charge in [-0.05, 0) is 44.9 Å². The lowest BCUT2D eigenvalue weighted by molar-refractivity contribution is -0.162. The van der Waals surface area contributed by atoms with Gasteiger partial charge >= 0.3 is 0 Å². The van der Waals surface area contributed by atoms with Crippen molar-refractivity contribution in [2.75, 3.05) is 13.2 Å². The zero-order chi connectivity index (χ0) is 16.4. The molecule has 0 aromatic carbocycles. The van der Waals surface area contributed by atoms with Crippen LogP contribution in [0.15, 0.2) is 24.3 Å². The van der Waals surface area contributed by atoms with E-state index >= 15 is 0 Å². The summed E-state index contributed by atoms with van der Waals surface area (Å²) < 4.78 is 11.3. The summed E-state index contributed by atoms with van der Waals surface area (Å²) in [4.78, 5) is 0. The molecule has 1 unspecified atom stereocenters. The highest BCUT2D eigenvalue weighted by atomic mass is 16.7. The predicted molar refractivity (Wildman–Crippen MR) is 99.7 cm³/mol. The zero-order valence-corrected chi connectivity index (χ0v) is 15.3. The number of unbranched alkanes of at least 4 members (excludes halogenated alkanes) is 8. The smallest absolute Gasteiger partial charge is 0.157 e. The van der Waals surface area contributed by atoms with Crippen molar-refractivity contribution >= 4 is 0 Å². The van der Waals surface area contributed by atoms with E-state index in [1.165, 1.54) is 77.0 Å². The molecular formula is C21H38O2. The first-order chi connectivity index (χ1) is 11.4. The molecule has 0 amide bonds. The Bertz CT molecular complexity index is 290. The summed E-state index contributed by atoms with van der Waals surface area (Å²) in [7, 11) is 0. The molecule has 0 aliphatic carbocycles. The van der Waals surface area contributed by atoms with Crippen molar-refractivity contribution in [3.05, 3.63) is 24.3 Å². The summed E-state index contributed by atoms with van der Waals surface area (Å²) in [5.74, 6) is 0. The monoisotopic (exact) mass is 322 g/mol. The Morgan fingerprint density at radius 2 is 1.57 bits per heavy atom. The molecule has 0 bridgehead atoms. The van der Waals surface area contributed by atoms with E-state index in [2.05, 4.69) is 31.2 Å². The van der Waals surface area contributed by atoms with E-state index in [1.54, 1.807) is 0 Å². The van der Waals surface area contributed by atoms with Crippen LogP contribution in [-0.2, 0) is 9.47 Å². The molecule has 0 aromatic heterocycles. The van der Waals surface area contributed by atoms with Crippen molar-refractivity contribution in [3.8, 4) is 0 Å². The highest BCUT2D eigenvalue weighted by Crippen LogP contribution is 2.14. The maximum absolute atomic E-state index is 5.75. The molecule has 1 saturated heterocycles. The van der Waals surface area contributed by atoms with E-state index < -0.39 is 0 Å². The van der Waals surface area contributed by atoms with Gasteiger partial charge in [-0.3, -0.25) is 0 Å². The highest BCUT2D eigenvalue weighted by molar-refractivity contribution is 5.02. The minimum absolute atomic E-state index is 0.0913. The Morgan fingerprint density at radius 1 is 0.870 bits per heavy atom. The fraction of sp³-hybridized carbons (Fsp3) is 0.810. The van der Waals surface area contributed by atoms with Crippen molar-refractivity contribution in [3.63, 3.8) is 0 Å². The first kappa shape index (κ1) is 20.4. The maximum atomic E-state index is 5.75. The van der Waals surface area contributed by atoms with E-state index in [4.69, 9.17) is 9.47 Å². The van der Waals surface area contributed by atoms with Crippen molar-refractivity contribution in [2.24, 2.45) is 0 Å². The van der Waals surface area contributed by atoms with Crippen LogP contribution in [0.2, 0.25) is 0 Å². The Balaban J connectivity index is 1.74. The van der Waals surface area contributed by atoms with Gasteiger partial charge in [0.2, 0.25) is 0 Å². The van der Waals surface area contributed by atoms with Gasteiger partial charge in [0.15, 0.2) is 6.29 Å². The zero-order valence-electron chi connectivity index (χ0n) is 15.3. The van der Waals surface area contributed by atoms with E-state index in [-0.39, 0.29) is 6.29 Å². The summed E-state index contributed by atoms with van der Waals surface area (Å²) in [6.07, 6.45) is 25.5. The average molecular weight is 323 g/mol. The number of hydrogen-bond acceptors (Lipinski definition) is 2. The first-order valence-electron chi connectivity index (χ1n) is 9.98. The minimum atomic E-state index is 0.0913. The van der Waals surface area contributed by atoms with Gasteiger partial charge in [0, 0.05) is 13.2 Å². The van der Waals surface area contributed by atoms with Gasteiger partial charge in [-0.15, -0.1) is 0 Å². The number of allylic oxidation sites excluding steroid dienone is 4. The highest BCUT2D eigenvalue weighted by Gasteiger charge is 2.13. The molecule has 1 rings (SSSR count). The van der Waals surface area contributed by atoms with Crippen LogP contribution in [0, 0.1) is 0 Å². The fourth-order valence-electron chi connectivity index (χ4n) is 2.82. The van der Waals surface area contributed by atoms with E-state index in [0.29, 0.717) is 0 Å². The van der Waals surface area contributed by atoms with E-state index in [9.17, 15) is 0 Å². The van der Waals surface area contributed by atoms with Crippen LogP contribution in [0.25, 0.3) is 0 Å². The standard InChI is InChI=1S/C21H38O2/c1-2-3-4-5-6-7-8-9-10-11-12-13-14-16-19-22-21-18-15-17-20-23-21/h4-7,21H,2-3,8-20H2,1H3/b5-4-,7-6-. The molecule has 0 radical (unpaired) electrons. The SMILES string of the molecule is CCC/C=C\C=C/CCCCCCCCCOC1CCCCO1. The Morgan fingerprint density at radius 3 is 2.26 bits per heavy atom. The van der Waals surface area contributed by atoms with Crippen LogP contribution in [-0.4, -0.2) is 19.5 Å². The summed E-state index contributed by atoms with van der Waals surface area (Å²) >= 11 is 0. The van der Waals surface area contributed by atoms with Gasteiger partial charge in [0.1, 0.15) is 0 Å². The third-order valence-electron chi connectivity index (χ3n) is 4.30. The lowest BCUT2D eigenvalue weighted by Gasteiger charge is -2.22. The molecular weight excluding hydrogens is 284 g/mol. The molecule has 1 fully saturated rings. The third-order valence-corrected chi connectivity index (χ3v) is 4.30. The fourth-order valence-corrected chi connectivity index (χ4v) is 2.82. The van der Waals surface area contributed by atoms with Gasteiger partial charge in [-0.1, -0.05) is 69.8 Å². The van der Waals surface area contributed by atoms with Gasteiger partial charge < -0.3 is 9.47 Å². The topological polar surface area (TPSA) is 18.5 Å². The largest absolute Gasteiger partial charge is 0.353 e. The summed E-state index contributed by atoms with van der Waals surface area (Å²) in [5.41, 5.74) is 0. The third kappa shape index (κ3) is 13.5. The van der Waals surface area contributed by atoms with Gasteiger partial charge in [-0.25, -0.2) is 0 Å². The first-order valence-corrected chi connectivity index (χ1v) is 9.98. The number of ether oxygens (including phenoxy) is 2. The lowest BCUT2D eigenvalue weighted by Crippen LogP contribution is -2.22. The molecule has 0 aromatic rings. The molecule has 1 aliphatic heterocycles. The van der Waals surface area contributed by atoms with Crippen LogP contribution in [0.5, 0.6) is 0 Å². The minimum Gasteiger partial charge on any atom is -0.353 e. The van der Waals surface area contributed by atoms with Gasteiger partial charge in [0.25, 0.3) is 0 Å². The molecule has 1 atom stereocenters. The second-order valence-electron chi connectivity index (χ2n) is 6.58. The van der Waals surface area contributed by atoms with Crippen LogP contribution in [0.3, 0.4) is 0 Å². The summed E-state index contributed by atoms with van der Waals surface area (Å²) in [5, 5.41) is 0. The number of hydrogen-bond donors (Lipinski definition) is 0. The van der Waals surface area contributed by atoms with Crippen LogP contribution in [0.4, 0.5) is 0 Å². The molecule has 1 heterocycles. The molecule has 0 N–H and O–H groups in total. The van der Waals surface area contributed by atoms with E-state index in [0.717, 1.165) is 19.6 Å². The maximum Gasteiger partial charge on any atom is 0.157 e. The van der Waals surface area contributed by atoms with Crippen LogP contribution >= 0.6 is 0 Å². The van der Waals surface area contributed by atoms with Crippen molar-refractivity contribution < 1.29 is 9.47 Å². The van der Waals surface area contributed by atoms with Crippen molar-refractivity contribution in [1.82, 2.24) is 0 Å². The van der Waals surface area contributed by atoms with E-state index in [1.807, 2.05) is 0 Å². The predicted octanol–water partition coefficient (Wildman–Crippen LogP) is 6.56. The van der Waals surface area contributed by atoms with Crippen molar-refractivity contribution in [2.45, 2.75) is 96.7 Å². The molecule has 1 aliphatic rings. The van der Waals surface area contributed by atoms with Gasteiger partial charge in [-0.2, -0.15) is 0 Å². The molecule has 23 heavy (non-hydrogen) atoms.